The summed E-state index contributed by atoms with van der Waals surface area (Å²) in [6.45, 7) is 3.91. The molecule has 7 aromatic rings. The molecular weight excluding hydrogens is 585 g/mol. The van der Waals surface area contributed by atoms with Gasteiger partial charge in [0.15, 0.2) is 0 Å². The van der Waals surface area contributed by atoms with E-state index in [1.807, 2.05) is 60.7 Å². The molecule has 7 rings (SSSR count). The van der Waals surface area contributed by atoms with Gasteiger partial charge in [-0.25, -0.2) is 9.97 Å². The van der Waals surface area contributed by atoms with E-state index in [4.69, 9.17) is 9.97 Å². The lowest BCUT2D eigenvalue weighted by Gasteiger charge is -2.26. The van der Waals surface area contributed by atoms with Gasteiger partial charge in [-0.15, -0.1) is 6.58 Å². The summed E-state index contributed by atoms with van der Waals surface area (Å²) in [5.74, 6) is 0. The highest BCUT2D eigenvalue weighted by Crippen LogP contribution is 2.37. The average molecular weight is 621 g/mol. The number of hydrogen-bond donors (Lipinski definition) is 1. The Labute approximate surface area is 282 Å². The molecule has 0 atom stereocenters. The Bertz CT molecular complexity index is 2140. The molecule has 0 radical (unpaired) electrons. The number of nitrogens with one attached hydrogen (secondary N) is 1. The third-order valence-corrected chi connectivity index (χ3v) is 8.33. The van der Waals surface area contributed by atoms with Crippen LogP contribution in [0.4, 0.5) is 22.7 Å². The molecule has 4 heteroatoms. The van der Waals surface area contributed by atoms with Gasteiger partial charge < -0.3 is 10.2 Å². The van der Waals surface area contributed by atoms with Crippen LogP contribution >= 0.6 is 0 Å². The lowest BCUT2D eigenvalue weighted by molar-refractivity contribution is 1.07. The minimum atomic E-state index is 0.865. The molecule has 0 bridgehead atoms. The van der Waals surface area contributed by atoms with E-state index in [1.165, 1.54) is 11.1 Å². The van der Waals surface area contributed by atoms with E-state index in [0.29, 0.717) is 0 Å². The number of nitrogens with zero attached hydrogens (tertiary/aromatic N) is 3. The summed E-state index contributed by atoms with van der Waals surface area (Å²) >= 11 is 0. The zero-order valence-electron chi connectivity index (χ0n) is 26.7. The van der Waals surface area contributed by atoms with E-state index >= 15 is 0 Å². The molecule has 6 aromatic carbocycles. The van der Waals surface area contributed by atoms with Crippen molar-refractivity contribution in [1.82, 2.24) is 9.97 Å². The summed E-state index contributed by atoms with van der Waals surface area (Å²) in [5, 5.41) is 3.53. The maximum atomic E-state index is 5.10. The smallest absolute Gasteiger partial charge is 0.0973 e. The molecule has 0 aliphatic rings. The molecular formula is C44H36N4. The van der Waals surface area contributed by atoms with Gasteiger partial charge in [0.1, 0.15) is 0 Å². The maximum Gasteiger partial charge on any atom is 0.0973 e. The zero-order valence-corrected chi connectivity index (χ0v) is 26.7. The Kier molecular flexibility index (Phi) is 9.15. The highest BCUT2D eigenvalue weighted by molar-refractivity contribution is 5.87. The number of anilines is 4. The minimum Gasteiger partial charge on any atom is -0.361 e. The Morgan fingerprint density at radius 1 is 0.542 bits per heavy atom. The molecule has 48 heavy (non-hydrogen) atoms. The summed E-state index contributed by atoms with van der Waals surface area (Å²) in [7, 11) is 0. The second-order valence-electron chi connectivity index (χ2n) is 11.5. The molecule has 4 nitrogen and oxygen atoms in total. The van der Waals surface area contributed by atoms with E-state index in [-0.39, 0.29) is 0 Å². The molecule has 0 saturated carbocycles. The number of para-hydroxylation sites is 3. The van der Waals surface area contributed by atoms with Crippen molar-refractivity contribution in [2.24, 2.45) is 0 Å². The average Bonchev–Trinajstić information content (AvgIpc) is 3.16. The fourth-order valence-corrected chi connectivity index (χ4v) is 5.88. The highest BCUT2D eigenvalue weighted by atomic mass is 15.1. The van der Waals surface area contributed by atoms with Crippen molar-refractivity contribution in [3.8, 4) is 22.5 Å². The maximum absolute atomic E-state index is 5.10. The van der Waals surface area contributed by atoms with E-state index in [1.54, 1.807) is 0 Å². The van der Waals surface area contributed by atoms with E-state index in [9.17, 15) is 0 Å². The van der Waals surface area contributed by atoms with Gasteiger partial charge in [0, 0.05) is 40.1 Å². The lowest BCUT2D eigenvalue weighted by Crippen LogP contribution is -2.09. The first-order valence-electron chi connectivity index (χ1n) is 16.3. The van der Waals surface area contributed by atoms with Crippen LogP contribution in [0, 0.1) is 0 Å². The van der Waals surface area contributed by atoms with Crippen molar-refractivity contribution < 1.29 is 0 Å². The molecule has 0 saturated heterocycles. The van der Waals surface area contributed by atoms with Crippen molar-refractivity contribution in [2.75, 3.05) is 10.2 Å². The third kappa shape index (κ3) is 6.79. The quantitative estimate of drug-likeness (QED) is 0.146. The van der Waals surface area contributed by atoms with E-state index in [2.05, 4.69) is 132 Å². The molecule has 0 aliphatic heterocycles. The van der Waals surface area contributed by atoms with Crippen LogP contribution in [0.25, 0.3) is 39.1 Å². The van der Waals surface area contributed by atoms with Gasteiger partial charge in [-0.3, -0.25) is 0 Å². The highest BCUT2D eigenvalue weighted by Gasteiger charge is 2.16. The Balaban J connectivity index is 1.21. The van der Waals surface area contributed by atoms with Gasteiger partial charge in [0.25, 0.3) is 0 Å². The first-order chi connectivity index (χ1) is 23.8. The molecule has 1 N–H and O–H groups in total. The molecule has 0 amide bonds. The second-order valence-corrected chi connectivity index (χ2v) is 11.5. The third-order valence-electron chi connectivity index (χ3n) is 8.33. The zero-order chi connectivity index (χ0) is 32.5. The molecule has 1 aromatic heterocycles. The van der Waals surface area contributed by atoms with Crippen molar-refractivity contribution in [3.63, 3.8) is 0 Å². The largest absolute Gasteiger partial charge is 0.361 e. The minimum absolute atomic E-state index is 0.865. The summed E-state index contributed by atoms with van der Waals surface area (Å²) in [4.78, 5) is 12.4. The number of aromatic nitrogens is 2. The van der Waals surface area contributed by atoms with Gasteiger partial charge in [0.05, 0.1) is 22.4 Å². The van der Waals surface area contributed by atoms with Crippen LogP contribution in [0.5, 0.6) is 0 Å². The second kappa shape index (κ2) is 14.4. The number of hydrogen-bond acceptors (Lipinski definition) is 4. The van der Waals surface area contributed by atoms with Crippen molar-refractivity contribution in [2.45, 2.75) is 12.8 Å². The van der Waals surface area contributed by atoms with E-state index in [0.717, 1.165) is 69.1 Å². The fourth-order valence-electron chi connectivity index (χ4n) is 5.88. The van der Waals surface area contributed by atoms with Crippen molar-refractivity contribution in [1.29, 1.82) is 0 Å². The Hall–Kier alpha value is -6.26. The normalized spacial score (nSPS) is 11.3. The fraction of sp³-hybridized carbons (Fsp3) is 0.0455. The first-order valence-corrected chi connectivity index (χ1v) is 16.3. The van der Waals surface area contributed by atoms with Crippen LogP contribution in [0.15, 0.2) is 183 Å². The van der Waals surface area contributed by atoms with Crippen LogP contribution in [-0.2, 0) is 0 Å². The van der Waals surface area contributed by atoms with Crippen LogP contribution in [0.2, 0.25) is 0 Å². The lowest BCUT2D eigenvalue weighted by atomic mass is 10.0. The molecule has 232 valence electrons. The van der Waals surface area contributed by atoms with Crippen molar-refractivity contribution >= 4 is 39.4 Å². The van der Waals surface area contributed by atoms with Gasteiger partial charge in [0.2, 0.25) is 0 Å². The number of benzene rings is 6. The molecule has 0 spiro atoms. The number of fused-ring (bicyclic) bond motifs is 1. The topological polar surface area (TPSA) is 41.0 Å². The van der Waals surface area contributed by atoms with Gasteiger partial charge >= 0.3 is 0 Å². The van der Waals surface area contributed by atoms with Crippen molar-refractivity contribution in [3.05, 3.63) is 188 Å². The molecule has 0 fully saturated rings. The van der Waals surface area contributed by atoms with Crippen LogP contribution in [0.3, 0.4) is 0 Å². The van der Waals surface area contributed by atoms with E-state index < -0.39 is 0 Å². The Morgan fingerprint density at radius 3 is 1.60 bits per heavy atom. The van der Waals surface area contributed by atoms with Crippen LogP contribution in [-0.4, -0.2) is 9.97 Å². The van der Waals surface area contributed by atoms with Gasteiger partial charge in [-0.1, -0.05) is 109 Å². The monoisotopic (exact) mass is 620 g/mol. The summed E-state index contributed by atoms with van der Waals surface area (Å²) in [5.41, 5.74) is 12.2. The SMILES string of the molecule is C=CCC/C(=C/Nc1ccc(N(c2ccccc2)c2ccc(-c3nc4ccccc4nc3-c3ccccc3)cc2)cc1)c1ccccc1. The van der Waals surface area contributed by atoms with Crippen LogP contribution in [0.1, 0.15) is 18.4 Å². The summed E-state index contributed by atoms with van der Waals surface area (Å²) in [6.07, 6.45) is 5.93. The molecule has 0 unspecified atom stereocenters. The summed E-state index contributed by atoms with van der Waals surface area (Å²) < 4.78 is 0. The molecule has 1 heterocycles. The standard InChI is InChI=1S/C44H36N4/c1-2-3-15-36(33-16-7-4-8-17-33)32-45-37-26-30-40(31-27-37)48(38-20-11-6-12-21-38)39-28-24-35(25-29-39)44-43(34-18-9-5-10-19-34)46-41-22-13-14-23-42(41)47-44/h2,4-14,16-32,45H,1,3,15H2/b36-32-. The van der Waals surface area contributed by atoms with Gasteiger partial charge in [-0.05, 0) is 84.6 Å². The Morgan fingerprint density at radius 2 is 1.02 bits per heavy atom. The number of rotatable bonds is 11. The predicted molar refractivity (Wildman–Crippen MR) is 203 cm³/mol. The number of allylic oxidation sites excluding steroid dienone is 2. The van der Waals surface area contributed by atoms with Crippen LogP contribution < -0.4 is 10.2 Å². The molecule has 0 aliphatic carbocycles. The first kappa shape index (κ1) is 30.4. The predicted octanol–water partition coefficient (Wildman–Crippen LogP) is 11.9. The van der Waals surface area contributed by atoms with Gasteiger partial charge in [-0.2, -0.15) is 0 Å². The summed E-state index contributed by atoms with van der Waals surface area (Å²) in [6, 6.07) is 56.5.